The van der Waals surface area contributed by atoms with Gasteiger partial charge in [0.2, 0.25) is 0 Å². The van der Waals surface area contributed by atoms with Crippen LogP contribution in [0.15, 0.2) is 41.1 Å². The number of hydrogen-bond donors (Lipinski definition) is 1. The van der Waals surface area contributed by atoms with Gasteiger partial charge in [-0.15, -0.1) is 0 Å². The largest absolute Gasteiger partial charge is 0.307 e. The molecule has 2 rings (SSSR count). The van der Waals surface area contributed by atoms with Crippen LogP contribution in [0.5, 0.6) is 0 Å². The predicted octanol–water partition coefficient (Wildman–Crippen LogP) is 2.07. The summed E-state index contributed by atoms with van der Waals surface area (Å²) < 4.78 is 0. The molecule has 1 unspecified atom stereocenters. The van der Waals surface area contributed by atoms with Crippen molar-refractivity contribution in [2.24, 2.45) is 10.4 Å². The molecule has 1 fully saturated rings. The molecule has 2 heterocycles. The second-order valence-corrected chi connectivity index (χ2v) is 4.23. The minimum atomic E-state index is -0.0351. The van der Waals surface area contributed by atoms with Crippen LogP contribution < -0.4 is 5.32 Å². The molecule has 0 aromatic heterocycles. The van der Waals surface area contributed by atoms with Crippen molar-refractivity contribution in [3.63, 3.8) is 0 Å². The summed E-state index contributed by atoms with van der Waals surface area (Å²) in [5, 5.41) is 3.31. The Balaban J connectivity index is 2.43. The first-order chi connectivity index (χ1) is 6.62. The minimum Gasteiger partial charge on any atom is -0.307 e. The van der Waals surface area contributed by atoms with Gasteiger partial charge in [0.15, 0.2) is 0 Å². The fourth-order valence-corrected chi connectivity index (χ4v) is 1.75. The molecule has 1 atom stereocenters. The van der Waals surface area contributed by atoms with Crippen LogP contribution in [0, 0.1) is 5.41 Å². The highest BCUT2D eigenvalue weighted by atomic mass is 14.9. The lowest BCUT2D eigenvalue weighted by Crippen LogP contribution is -2.12. The van der Waals surface area contributed by atoms with E-state index in [2.05, 4.69) is 42.9 Å². The molecule has 0 aliphatic carbocycles. The van der Waals surface area contributed by atoms with Crippen LogP contribution in [0.4, 0.5) is 0 Å². The van der Waals surface area contributed by atoms with Crippen molar-refractivity contribution in [1.29, 1.82) is 0 Å². The van der Waals surface area contributed by atoms with E-state index in [0.29, 0.717) is 0 Å². The number of nitrogens with one attached hydrogen (secondary N) is 1. The van der Waals surface area contributed by atoms with Crippen LogP contribution >= 0.6 is 0 Å². The van der Waals surface area contributed by atoms with Crippen molar-refractivity contribution in [2.45, 2.75) is 13.8 Å². The second kappa shape index (κ2) is 3.21. The van der Waals surface area contributed by atoms with E-state index in [-0.39, 0.29) is 5.41 Å². The Hall–Kier alpha value is -1.15. The summed E-state index contributed by atoms with van der Waals surface area (Å²) in [6, 6.07) is 0. The number of aliphatic imine (C=N–C) groups is 1. The van der Waals surface area contributed by atoms with Gasteiger partial charge in [-0.1, -0.05) is 24.3 Å². The van der Waals surface area contributed by atoms with Gasteiger partial charge < -0.3 is 5.32 Å². The molecule has 2 aliphatic rings. The highest BCUT2D eigenvalue weighted by molar-refractivity contribution is 6.04. The van der Waals surface area contributed by atoms with E-state index >= 15 is 0 Å². The third kappa shape index (κ3) is 1.46. The Bertz CT molecular complexity index is 361. The van der Waals surface area contributed by atoms with Gasteiger partial charge in [-0.25, -0.2) is 0 Å². The Kier molecular flexibility index (Phi) is 2.16. The van der Waals surface area contributed by atoms with Gasteiger partial charge in [0, 0.05) is 24.7 Å². The van der Waals surface area contributed by atoms with Crippen molar-refractivity contribution in [3.05, 3.63) is 36.1 Å². The molecule has 0 saturated carbocycles. The average molecular weight is 188 g/mol. The van der Waals surface area contributed by atoms with Gasteiger partial charge in [-0.05, 0) is 19.4 Å². The maximum atomic E-state index is 4.43. The zero-order valence-corrected chi connectivity index (χ0v) is 8.80. The van der Waals surface area contributed by atoms with Gasteiger partial charge >= 0.3 is 0 Å². The van der Waals surface area contributed by atoms with Gasteiger partial charge in [0.05, 0.1) is 5.71 Å². The summed E-state index contributed by atoms with van der Waals surface area (Å²) in [4.78, 5) is 4.43. The molecule has 0 aromatic carbocycles. The van der Waals surface area contributed by atoms with Gasteiger partial charge in [0.25, 0.3) is 0 Å². The van der Waals surface area contributed by atoms with E-state index in [4.69, 9.17) is 0 Å². The van der Waals surface area contributed by atoms with Gasteiger partial charge in [-0.3, -0.25) is 4.99 Å². The maximum Gasteiger partial charge on any atom is 0.0583 e. The second-order valence-electron chi connectivity index (χ2n) is 4.23. The van der Waals surface area contributed by atoms with Crippen molar-refractivity contribution in [1.82, 2.24) is 5.32 Å². The van der Waals surface area contributed by atoms with Crippen molar-refractivity contribution >= 4 is 5.71 Å². The van der Waals surface area contributed by atoms with Crippen LogP contribution in [0.2, 0.25) is 0 Å². The normalized spacial score (nSPS) is 30.4. The molecule has 0 aromatic rings. The molecular formula is C12H16N2. The molecule has 0 bridgehead atoms. The highest BCUT2D eigenvalue weighted by Crippen LogP contribution is 2.32. The smallest absolute Gasteiger partial charge is 0.0583 e. The van der Waals surface area contributed by atoms with E-state index in [1.807, 2.05) is 6.20 Å². The summed E-state index contributed by atoms with van der Waals surface area (Å²) in [5.41, 5.74) is 3.61. The average Bonchev–Trinajstić information content (AvgIpc) is 2.46. The van der Waals surface area contributed by atoms with Crippen molar-refractivity contribution < 1.29 is 0 Å². The zero-order chi connectivity index (χ0) is 10.2. The first kappa shape index (κ1) is 9.41. The Morgan fingerprint density at radius 1 is 1.57 bits per heavy atom. The molecule has 0 spiro atoms. The van der Waals surface area contributed by atoms with Crippen LogP contribution in [0.3, 0.4) is 0 Å². The molecule has 1 saturated heterocycles. The molecule has 0 amide bonds. The monoisotopic (exact) mass is 188 g/mol. The predicted molar refractivity (Wildman–Crippen MR) is 60.4 cm³/mol. The summed E-state index contributed by atoms with van der Waals surface area (Å²) in [6.07, 6.45) is 6.30. The first-order valence-electron chi connectivity index (χ1n) is 4.95. The molecule has 2 heteroatoms. The number of fused-ring (bicyclic) bond motifs is 1. The minimum absolute atomic E-state index is 0.0351. The molecule has 1 N–H and O–H groups in total. The van der Waals surface area contributed by atoms with Crippen molar-refractivity contribution in [3.8, 4) is 0 Å². The summed E-state index contributed by atoms with van der Waals surface area (Å²) in [7, 11) is 0. The van der Waals surface area contributed by atoms with Crippen LogP contribution in [-0.2, 0) is 0 Å². The number of rotatable bonds is 1. The summed E-state index contributed by atoms with van der Waals surface area (Å²) in [5.74, 6) is 0. The lowest BCUT2D eigenvalue weighted by Gasteiger charge is -2.22. The van der Waals surface area contributed by atoms with Crippen LogP contribution in [0.25, 0.3) is 0 Å². The molecule has 2 aliphatic heterocycles. The quantitative estimate of drug-likeness (QED) is 0.626. The van der Waals surface area contributed by atoms with Gasteiger partial charge in [0.1, 0.15) is 0 Å². The SMILES string of the molecule is C=C(C)C1(C)C=CN=C2CNCC2=C1. The standard InChI is InChI=1S/C12H16N2/c1-9(2)12(3)4-5-14-11-8-13-7-10(11)6-12/h4-6,13H,1,7-8H2,2-3H3. The van der Waals surface area contributed by atoms with Crippen LogP contribution in [-0.4, -0.2) is 18.8 Å². The topological polar surface area (TPSA) is 24.4 Å². The number of hydrogen-bond acceptors (Lipinski definition) is 2. The third-order valence-electron chi connectivity index (χ3n) is 3.02. The lowest BCUT2D eigenvalue weighted by molar-refractivity contribution is 0.660. The van der Waals surface area contributed by atoms with E-state index < -0.39 is 0 Å². The fourth-order valence-electron chi connectivity index (χ4n) is 1.75. The Morgan fingerprint density at radius 3 is 3.07 bits per heavy atom. The number of allylic oxidation sites excluding steroid dienone is 3. The molecule has 14 heavy (non-hydrogen) atoms. The zero-order valence-electron chi connectivity index (χ0n) is 8.80. The van der Waals surface area contributed by atoms with E-state index in [1.54, 1.807) is 0 Å². The maximum absolute atomic E-state index is 4.43. The highest BCUT2D eigenvalue weighted by Gasteiger charge is 2.25. The Labute approximate surface area is 85.1 Å². The van der Waals surface area contributed by atoms with E-state index in [0.717, 1.165) is 18.7 Å². The Morgan fingerprint density at radius 2 is 2.36 bits per heavy atom. The summed E-state index contributed by atoms with van der Waals surface area (Å²) >= 11 is 0. The van der Waals surface area contributed by atoms with Crippen LogP contribution in [0.1, 0.15) is 13.8 Å². The lowest BCUT2D eigenvalue weighted by atomic mass is 9.82. The van der Waals surface area contributed by atoms with Crippen molar-refractivity contribution in [2.75, 3.05) is 13.1 Å². The first-order valence-corrected chi connectivity index (χ1v) is 4.95. The van der Waals surface area contributed by atoms with E-state index in [9.17, 15) is 0 Å². The fraction of sp³-hybridized carbons (Fsp3) is 0.417. The number of nitrogens with zero attached hydrogens (tertiary/aromatic N) is 1. The molecule has 0 radical (unpaired) electrons. The molecule has 2 nitrogen and oxygen atoms in total. The summed E-state index contributed by atoms with van der Waals surface area (Å²) in [6.45, 7) is 10.1. The third-order valence-corrected chi connectivity index (χ3v) is 3.02. The molecular weight excluding hydrogens is 172 g/mol. The molecule has 74 valence electrons. The van der Waals surface area contributed by atoms with E-state index in [1.165, 1.54) is 11.3 Å². The van der Waals surface area contributed by atoms with Gasteiger partial charge in [-0.2, -0.15) is 0 Å².